The molecular formula is C21H25N3O5S. The van der Waals surface area contributed by atoms with Gasteiger partial charge in [0.1, 0.15) is 17.5 Å². The molecule has 9 heteroatoms. The van der Waals surface area contributed by atoms with E-state index in [1.54, 1.807) is 41.0 Å². The second kappa shape index (κ2) is 9.17. The Labute approximate surface area is 176 Å². The van der Waals surface area contributed by atoms with Crippen molar-refractivity contribution >= 4 is 28.0 Å². The van der Waals surface area contributed by atoms with Gasteiger partial charge in [0.25, 0.3) is 0 Å². The van der Waals surface area contributed by atoms with E-state index in [4.69, 9.17) is 4.74 Å². The van der Waals surface area contributed by atoms with Crippen LogP contribution in [0.25, 0.3) is 0 Å². The predicted octanol–water partition coefficient (Wildman–Crippen LogP) is 1.93. The van der Waals surface area contributed by atoms with Gasteiger partial charge < -0.3 is 14.5 Å². The number of ether oxygens (including phenoxy) is 1. The van der Waals surface area contributed by atoms with Gasteiger partial charge in [-0.1, -0.05) is 18.2 Å². The third kappa shape index (κ3) is 5.10. The van der Waals surface area contributed by atoms with Crippen LogP contribution in [0.3, 0.4) is 0 Å². The lowest BCUT2D eigenvalue weighted by Gasteiger charge is -2.36. The molecule has 0 aromatic heterocycles. The number of anilines is 1. The van der Waals surface area contributed by atoms with Crippen LogP contribution in [0.5, 0.6) is 11.5 Å². The Morgan fingerprint density at radius 2 is 1.57 bits per heavy atom. The van der Waals surface area contributed by atoms with Crippen molar-refractivity contribution in [2.24, 2.45) is 0 Å². The average Bonchev–Trinajstić information content (AvgIpc) is 2.74. The first-order valence-electron chi connectivity index (χ1n) is 9.60. The van der Waals surface area contributed by atoms with E-state index < -0.39 is 16.1 Å². The minimum absolute atomic E-state index is 0.296. The molecule has 0 spiro atoms. The zero-order valence-corrected chi connectivity index (χ0v) is 17.8. The van der Waals surface area contributed by atoms with Crippen molar-refractivity contribution in [1.82, 2.24) is 9.80 Å². The number of hydrogen-bond acceptors (Lipinski definition) is 5. The molecule has 8 nitrogen and oxygen atoms in total. The summed E-state index contributed by atoms with van der Waals surface area (Å²) in [5, 5.41) is 0. The monoisotopic (exact) mass is 431 g/mol. The zero-order chi connectivity index (χ0) is 21.7. The molecule has 1 aliphatic heterocycles. The molecular weight excluding hydrogens is 406 g/mol. The molecule has 2 aromatic rings. The molecule has 0 unspecified atom stereocenters. The second-order valence-electron chi connectivity index (χ2n) is 7.11. The van der Waals surface area contributed by atoms with Gasteiger partial charge in [-0.2, -0.15) is 0 Å². The number of piperazine rings is 1. The lowest BCUT2D eigenvalue weighted by Crippen LogP contribution is -2.55. The minimum atomic E-state index is -3.71. The summed E-state index contributed by atoms with van der Waals surface area (Å²) in [6, 6.07) is 14.9. The number of sulfonamides is 1. The van der Waals surface area contributed by atoms with Gasteiger partial charge in [0, 0.05) is 26.2 Å². The molecule has 1 saturated heterocycles. The summed E-state index contributed by atoms with van der Waals surface area (Å²) in [5.74, 6) is 0.932. The number of carbonyl (C=O) groups excluding carboxylic acids is 2. The van der Waals surface area contributed by atoms with E-state index in [1.807, 2.05) is 30.3 Å². The molecule has 1 atom stereocenters. The summed E-state index contributed by atoms with van der Waals surface area (Å²) < 4.78 is 31.9. The molecule has 0 saturated carbocycles. The molecule has 2 amide bonds. The fourth-order valence-electron chi connectivity index (χ4n) is 3.40. The molecule has 1 heterocycles. The minimum Gasteiger partial charge on any atom is -0.457 e. The molecule has 1 fully saturated rings. The molecule has 0 aliphatic carbocycles. The van der Waals surface area contributed by atoms with Crippen molar-refractivity contribution in [3.05, 3.63) is 54.6 Å². The maximum atomic E-state index is 13.0. The van der Waals surface area contributed by atoms with Gasteiger partial charge >= 0.3 is 0 Å². The predicted molar refractivity (Wildman–Crippen MR) is 114 cm³/mol. The summed E-state index contributed by atoms with van der Waals surface area (Å²) >= 11 is 0. The van der Waals surface area contributed by atoms with Crippen LogP contribution >= 0.6 is 0 Å². The largest absolute Gasteiger partial charge is 0.457 e. The van der Waals surface area contributed by atoms with E-state index >= 15 is 0 Å². The van der Waals surface area contributed by atoms with Gasteiger partial charge in [-0.25, -0.2) is 8.42 Å². The molecule has 160 valence electrons. The first-order chi connectivity index (χ1) is 14.3. The summed E-state index contributed by atoms with van der Waals surface area (Å²) in [6.07, 6.45) is 1.84. The van der Waals surface area contributed by atoms with Crippen molar-refractivity contribution in [2.45, 2.75) is 13.0 Å². The summed E-state index contributed by atoms with van der Waals surface area (Å²) in [5.41, 5.74) is 0.380. The van der Waals surface area contributed by atoms with Crippen LogP contribution in [0.1, 0.15) is 6.92 Å². The summed E-state index contributed by atoms with van der Waals surface area (Å²) in [6.45, 7) is 3.20. The van der Waals surface area contributed by atoms with E-state index in [1.165, 1.54) is 0 Å². The Bertz CT molecular complexity index is 971. The highest BCUT2D eigenvalue weighted by Gasteiger charge is 2.33. The molecule has 3 rings (SSSR count). The Kier molecular flexibility index (Phi) is 6.61. The second-order valence-corrected chi connectivity index (χ2v) is 8.97. The number of benzene rings is 2. The molecule has 30 heavy (non-hydrogen) atoms. The van der Waals surface area contributed by atoms with Gasteiger partial charge in [0.2, 0.25) is 22.3 Å². The highest BCUT2D eigenvalue weighted by molar-refractivity contribution is 7.92. The van der Waals surface area contributed by atoms with Crippen LogP contribution < -0.4 is 9.04 Å². The van der Waals surface area contributed by atoms with E-state index in [2.05, 4.69) is 0 Å². The van der Waals surface area contributed by atoms with Crippen LogP contribution in [0.4, 0.5) is 5.69 Å². The Morgan fingerprint density at radius 3 is 2.10 bits per heavy atom. The van der Waals surface area contributed by atoms with Gasteiger partial charge in [-0.05, 0) is 43.3 Å². The van der Waals surface area contributed by atoms with Gasteiger partial charge in [0.15, 0.2) is 0 Å². The number of para-hydroxylation sites is 1. The highest BCUT2D eigenvalue weighted by atomic mass is 32.2. The SMILES string of the molecule is C[C@H](C(=O)N1CCN(C=O)CC1)N(c1ccc(Oc2ccccc2)cc1)S(C)(=O)=O. The number of amides is 2. The third-order valence-electron chi connectivity index (χ3n) is 4.91. The lowest BCUT2D eigenvalue weighted by molar-refractivity contribution is -0.135. The number of carbonyl (C=O) groups is 2. The maximum absolute atomic E-state index is 13.0. The zero-order valence-electron chi connectivity index (χ0n) is 17.0. The topological polar surface area (TPSA) is 87.2 Å². The van der Waals surface area contributed by atoms with Crippen LogP contribution in [-0.4, -0.2) is 69.0 Å². The van der Waals surface area contributed by atoms with Gasteiger partial charge in [-0.3, -0.25) is 13.9 Å². The van der Waals surface area contributed by atoms with Crippen LogP contribution in [-0.2, 0) is 19.6 Å². The molecule has 0 N–H and O–H groups in total. The van der Waals surface area contributed by atoms with Gasteiger partial charge in [-0.15, -0.1) is 0 Å². The molecule has 2 aromatic carbocycles. The number of hydrogen-bond donors (Lipinski definition) is 0. The lowest BCUT2D eigenvalue weighted by atomic mass is 10.2. The molecule has 0 radical (unpaired) electrons. The van der Waals surface area contributed by atoms with Crippen molar-refractivity contribution in [1.29, 1.82) is 0 Å². The molecule has 0 bridgehead atoms. The van der Waals surface area contributed by atoms with E-state index in [0.717, 1.165) is 17.0 Å². The Balaban J connectivity index is 1.77. The highest BCUT2D eigenvalue weighted by Crippen LogP contribution is 2.27. The first-order valence-corrected chi connectivity index (χ1v) is 11.4. The third-order valence-corrected chi connectivity index (χ3v) is 6.15. The van der Waals surface area contributed by atoms with Crippen molar-refractivity contribution in [2.75, 3.05) is 36.7 Å². The van der Waals surface area contributed by atoms with E-state index in [-0.39, 0.29) is 5.91 Å². The van der Waals surface area contributed by atoms with Crippen molar-refractivity contribution < 1.29 is 22.7 Å². The summed E-state index contributed by atoms with van der Waals surface area (Å²) in [4.78, 5) is 27.0. The van der Waals surface area contributed by atoms with Gasteiger partial charge in [0.05, 0.1) is 11.9 Å². The van der Waals surface area contributed by atoms with E-state index in [9.17, 15) is 18.0 Å². The first kappa shape index (κ1) is 21.6. The normalized spacial score (nSPS) is 15.4. The average molecular weight is 432 g/mol. The number of rotatable bonds is 7. The van der Waals surface area contributed by atoms with Crippen LogP contribution in [0.2, 0.25) is 0 Å². The quantitative estimate of drug-likeness (QED) is 0.625. The maximum Gasteiger partial charge on any atom is 0.246 e. The van der Waals surface area contributed by atoms with E-state index in [0.29, 0.717) is 43.4 Å². The van der Waals surface area contributed by atoms with Crippen molar-refractivity contribution in [3.8, 4) is 11.5 Å². The smallest absolute Gasteiger partial charge is 0.246 e. The standard InChI is InChI=1S/C21H25N3O5S/c1-17(21(26)23-14-12-22(16-25)13-15-23)24(30(2,27)28)18-8-10-20(11-9-18)29-19-6-4-3-5-7-19/h3-11,16-17H,12-15H2,1-2H3/t17-/m1/s1. The fourth-order valence-corrected chi connectivity index (χ4v) is 4.57. The summed E-state index contributed by atoms with van der Waals surface area (Å²) in [7, 11) is -3.71. The number of nitrogens with zero attached hydrogens (tertiary/aromatic N) is 3. The fraction of sp³-hybridized carbons (Fsp3) is 0.333. The Hall–Kier alpha value is -3.07. The Morgan fingerprint density at radius 1 is 1.00 bits per heavy atom. The van der Waals surface area contributed by atoms with Crippen LogP contribution in [0, 0.1) is 0 Å². The molecule has 1 aliphatic rings. The van der Waals surface area contributed by atoms with Crippen molar-refractivity contribution in [3.63, 3.8) is 0 Å². The van der Waals surface area contributed by atoms with Crippen LogP contribution in [0.15, 0.2) is 54.6 Å².